The Bertz CT molecular complexity index is 1700. The predicted octanol–water partition coefficient (Wildman–Crippen LogP) is 4.69. The van der Waals surface area contributed by atoms with Gasteiger partial charge in [-0.15, -0.1) is 11.3 Å². The number of piperidine rings is 1. The van der Waals surface area contributed by atoms with Crippen molar-refractivity contribution in [2.24, 2.45) is 7.05 Å². The Morgan fingerprint density at radius 3 is 2.54 bits per heavy atom. The van der Waals surface area contributed by atoms with E-state index in [1.807, 2.05) is 29.8 Å². The molecule has 1 spiro atoms. The molecule has 1 fully saturated rings. The van der Waals surface area contributed by atoms with E-state index in [9.17, 15) is 22.7 Å². The summed E-state index contributed by atoms with van der Waals surface area (Å²) in [6.45, 7) is 0.573. The third-order valence-electron chi connectivity index (χ3n) is 8.45. The largest absolute Gasteiger partial charge is 0.497 e. The number of fused-ring (bicyclic) bond motifs is 4. The van der Waals surface area contributed by atoms with Crippen molar-refractivity contribution < 1.29 is 27.4 Å². The Balaban J connectivity index is 1.43. The maximum absolute atomic E-state index is 13.7. The average molecular weight is 599 g/mol. The standard InChI is InChI=1S/C29H31FN4O5S2/c1-32-23-16-21(39-2)9-10-22(23)26-27(32)24(17-35)34(28(36)31-20-7-5-19(30)6-8-20)18-29(26)11-13-33(14-12-29)41(37,38)25-4-3-15-40-25/h3-10,15-16,24,35H,11-14,17-18H2,1-2H3,(H,31,36)/t24-/m0/s1. The summed E-state index contributed by atoms with van der Waals surface area (Å²) in [4.78, 5) is 15.4. The fraction of sp³-hybridized carbons (Fsp3) is 0.345. The van der Waals surface area contributed by atoms with Gasteiger partial charge < -0.3 is 24.6 Å². The van der Waals surface area contributed by atoms with E-state index in [0.717, 1.165) is 22.2 Å². The van der Waals surface area contributed by atoms with Gasteiger partial charge in [-0.05, 0) is 66.2 Å². The van der Waals surface area contributed by atoms with Gasteiger partial charge in [-0.3, -0.25) is 0 Å². The molecule has 6 rings (SSSR count). The van der Waals surface area contributed by atoms with Crippen molar-refractivity contribution in [3.63, 3.8) is 0 Å². The number of carbonyl (C=O) groups excluding carboxylic acids is 1. The average Bonchev–Trinajstić information content (AvgIpc) is 3.63. The topological polar surface area (TPSA) is 104 Å². The van der Waals surface area contributed by atoms with Crippen LogP contribution in [0.1, 0.15) is 30.1 Å². The Morgan fingerprint density at radius 2 is 1.90 bits per heavy atom. The number of ether oxygens (including phenoxy) is 1. The second-order valence-electron chi connectivity index (χ2n) is 10.6. The first-order chi connectivity index (χ1) is 19.7. The molecule has 2 aromatic heterocycles. The Kier molecular flexibility index (Phi) is 7.05. The minimum atomic E-state index is -3.62. The van der Waals surface area contributed by atoms with Crippen LogP contribution < -0.4 is 10.1 Å². The molecule has 1 atom stereocenters. The lowest BCUT2D eigenvalue weighted by molar-refractivity contribution is 0.0841. The minimum absolute atomic E-state index is 0.288. The highest BCUT2D eigenvalue weighted by molar-refractivity contribution is 7.91. The van der Waals surface area contributed by atoms with E-state index in [1.54, 1.807) is 29.5 Å². The Morgan fingerprint density at radius 1 is 1.17 bits per heavy atom. The molecule has 1 saturated heterocycles. The van der Waals surface area contributed by atoms with Crippen LogP contribution in [0.5, 0.6) is 5.75 Å². The fourth-order valence-corrected chi connectivity index (χ4v) is 8.99. The number of hydrogen-bond acceptors (Lipinski definition) is 6. The summed E-state index contributed by atoms with van der Waals surface area (Å²) in [5.74, 6) is 0.279. The second-order valence-corrected chi connectivity index (χ2v) is 13.7. The maximum atomic E-state index is 13.7. The zero-order valence-corrected chi connectivity index (χ0v) is 24.3. The van der Waals surface area contributed by atoms with Crippen molar-refractivity contribution in [2.45, 2.75) is 28.5 Å². The van der Waals surface area contributed by atoms with Crippen molar-refractivity contribution in [2.75, 3.05) is 38.7 Å². The predicted molar refractivity (Wildman–Crippen MR) is 155 cm³/mol. The van der Waals surface area contributed by atoms with Crippen LogP contribution in [0.2, 0.25) is 0 Å². The van der Waals surface area contributed by atoms with Gasteiger partial charge in [-0.1, -0.05) is 6.07 Å². The number of nitrogens with one attached hydrogen (secondary N) is 1. The number of nitrogens with zero attached hydrogens (tertiary/aromatic N) is 3. The lowest BCUT2D eigenvalue weighted by Gasteiger charge is -2.50. The van der Waals surface area contributed by atoms with Gasteiger partial charge in [0.2, 0.25) is 0 Å². The molecule has 0 aliphatic carbocycles. The lowest BCUT2D eigenvalue weighted by Crippen LogP contribution is -2.56. The summed E-state index contributed by atoms with van der Waals surface area (Å²) >= 11 is 1.20. The Hall–Kier alpha value is -3.45. The van der Waals surface area contributed by atoms with Gasteiger partial charge in [0, 0.05) is 54.9 Å². The van der Waals surface area contributed by atoms with E-state index in [0.29, 0.717) is 41.6 Å². The zero-order chi connectivity index (χ0) is 28.9. The first kappa shape index (κ1) is 27.7. The molecule has 12 heteroatoms. The van der Waals surface area contributed by atoms with Crippen molar-refractivity contribution >= 4 is 44.0 Å². The summed E-state index contributed by atoms with van der Waals surface area (Å²) in [6, 6.07) is 13.7. The number of urea groups is 1. The molecule has 2 N–H and O–H groups in total. The lowest BCUT2D eigenvalue weighted by atomic mass is 9.68. The molecule has 216 valence electrons. The number of anilines is 1. The molecule has 2 amide bonds. The summed E-state index contributed by atoms with van der Waals surface area (Å²) in [7, 11) is -0.105. The van der Waals surface area contributed by atoms with Crippen LogP contribution >= 0.6 is 11.3 Å². The number of sulfonamides is 1. The third kappa shape index (κ3) is 4.58. The van der Waals surface area contributed by atoms with Crippen LogP contribution in [-0.2, 0) is 22.5 Å². The van der Waals surface area contributed by atoms with Gasteiger partial charge in [-0.25, -0.2) is 17.6 Å². The van der Waals surface area contributed by atoms with Crippen molar-refractivity contribution in [3.05, 3.63) is 77.1 Å². The highest BCUT2D eigenvalue weighted by Crippen LogP contribution is 2.50. The molecule has 4 aromatic rings. The van der Waals surface area contributed by atoms with Gasteiger partial charge >= 0.3 is 6.03 Å². The zero-order valence-electron chi connectivity index (χ0n) is 22.7. The SMILES string of the molecule is COc1ccc2c3c(n(C)c2c1)[C@H](CO)N(C(=O)Nc1ccc(F)cc1)CC31CCN(S(=O)(=O)c2cccs2)CC1. The number of rotatable bonds is 5. The van der Waals surface area contributed by atoms with E-state index >= 15 is 0 Å². The molecule has 4 heterocycles. The maximum Gasteiger partial charge on any atom is 0.322 e. The summed E-state index contributed by atoms with van der Waals surface area (Å²) in [5, 5.41) is 16.3. The quantitative estimate of drug-likeness (QED) is 0.347. The molecule has 0 radical (unpaired) electrons. The van der Waals surface area contributed by atoms with Gasteiger partial charge in [0.25, 0.3) is 10.0 Å². The minimum Gasteiger partial charge on any atom is -0.497 e. The Labute approximate surface area is 241 Å². The fourth-order valence-electron chi connectivity index (χ4n) is 6.40. The van der Waals surface area contributed by atoms with Gasteiger partial charge in [0.15, 0.2) is 0 Å². The number of methoxy groups -OCH3 is 1. The number of halogens is 1. The number of hydrogen-bond donors (Lipinski definition) is 2. The first-order valence-electron chi connectivity index (χ1n) is 13.3. The molecule has 9 nitrogen and oxygen atoms in total. The van der Waals surface area contributed by atoms with Gasteiger partial charge in [0.1, 0.15) is 15.8 Å². The summed E-state index contributed by atoms with van der Waals surface area (Å²) < 4.78 is 49.5. The molecule has 2 aliphatic rings. The molecular formula is C29H31FN4O5S2. The molecule has 0 saturated carbocycles. The number of amides is 2. The van der Waals surface area contributed by atoms with E-state index in [-0.39, 0.29) is 13.2 Å². The van der Waals surface area contributed by atoms with Crippen LogP contribution in [0.15, 0.2) is 64.2 Å². The smallest absolute Gasteiger partial charge is 0.322 e. The normalized spacial score (nSPS) is 18.9. The highest BCUT2D eigenvalue weighted by atomic mass is 32.2. The monoisotopic (exact) mass is 598 g/mol. The van der Waals surface area contributed by atoms with E-state index in [4.69, 9.17) is 4.74 Å². The van der Waals surface area contributed by atoms with Gasteiger partial charge in [-0.2, -0.15) is 4.31 Å². The van der Waals surface area contributed by atoms with Gasteiger partial charge in [0.05, 0.1) is 25.3 Å². The van der Waals surface area contributed by atoms with Crippen molar-refractivity contribution in [1.82, 2.24) is 13.8 Å². The number of carbonyl (C=O) groups is 1. The molecule has 41 heavy (non-hydrogen) atoms. The summed E-state index contributed by atoms with van der Waals surface area (Å²) in [6.07, 6.45) is 0.989. The number of thiophene rings is 1. The van der Waals surface area contributed by atoms with E-state index < -0.39 is 33.3 Å². The van der Waals surface area contributed by atoms with Crippen LogP contribution in [0.4, 0.5) is 14.9 Å². The second kappa shape index (κ2) is 10.4. The van der Waals surface area contributed by atoms with Crippen LogP contribution in [0, 0.1) is 5.82 Å². The summed E-state index contributed by atoms with van der Waals surface area (Å²) in [5.41, 5.74) is 2.63. The molecule has 2 aromatic carbocycles. The van der Waals surface area contributed by atoms with Crippen molar-refractivity contribution in [1.29, 1.82) is 0 Å². The molecule has 0 bridgehead atoms. The van der Waals surface area contributed by atoms with E-state index in [2.05, 4.69) is 5.32 Å². The number of aliphatic hydroxyl groups is 1. The number of aryl methyl sites for hydroxylation is 1. The number of aromatic nitrogens is 1. The van der Waals surface area contributed by atoms with Crippen molar-refractivity contribution in [3.8, 4) is 5.75 Å². The first-order valence-corrected chi connectivity index (χ1v) is 15.6. The number of benzene rings is 2. The highest BCUT2D eigenvalue weighted by Gasteiger charge is 2.50. The number of aliphatic hydroxyl groups excluding tert-OH is 1. The van der Waals surface area contributed by atoms with Crippen LogP contribution in [0.25, 0.3) is 10.9 Å². The molecular weight excluding hydrogens is 567 g/mol. The molecule has 0 unspecified atom stereocenters. The van der Waals surface area contributed by atoms with Crippen LogP contribution in [-0.4, -0.2) is 66.7 Å². The third-order valence-corrected chi connectivity index (χ3v) is 11.7. The molecule has 2 aliphatic heterocycles. The van der Waals surface area contributed by atoms with Crippen LogP contribution in [0.3, 0.4) is 0 Å². The van der Waals surface area contributed by atoms with E-state index in [1.165, 1.54) is 39.9 Å².